The van der Waals surface area contributed by atoms with E-state index in [2.05, 4.69) is 10.6 Å². The van der Waals surface area contributed by atoms with E-state index in [-0.39, 0.29) is 11.9 Å². The Bertz CT molecular complexity index is 406. The first kappa shape index (κ1) is 9.62. The van der Waals surface area contributed by atoms with Crippen molar-refractivity contribution in [1.29, 1.82) is 0 Å². The Morgan fingerprint density at radius 2 is 2.07 bits per heavy atom. The van der Waals surface area contributed by atoms with Crippen molar-refractivity contribution in [2.24, 2.45) is 0 Å². The number of carbonyl (C=O) groups excluding carboxylic acids is 1. The first-order valence-electron chi connectivity index (χ1n) is 4.15. The van der Waals surface area contributed by atoms with Crippen LogP contribution in [0.25, 0.3) is 0 Å². The molecule has 0 saturated carbocycles. The molecule has 0 spiro atoms. The molecule has 0 aliphatic carbocycles. The summed E-state index contributed by atoms with van der Waals surface area (Å²) >= 11 is 11.8. The highest BCUT2D eigenvalue weighted by Gasteiger charge is 2.23. The summed E-state index contributed by atoms with van der Waals surface area (Å²) < 4.78 is 0. The molecule has 2 N–H and O–H groups in total. The molecule has 74 valence electrons. The Morgan fingerprint density at radius 1 is 1.36 bits per heavy atom. The zero-order chi connectivity index (χ0) is 10.3. The highest BCUT2D eigenvalue weighted by Crippen LogP contribution is 2.38. The average Bonchev–Trinajstić information content (AvgIpc) is 2.15. The van der Waals surface area contributed by atoms with Crippen LogP contribution in [0.3, 0.4) is 0 Å². The molecule has 5 heteroatoms. The number of benzene rings is 1. The van der Waals surface area contributed by atoms with Gasteiger partial charge in [-0.05, 0) is 19.1 Å². The zero-order valence-electron chi connectivity index (χ0n) is 7.40. The quantitative estimate of drug-likeness (QED) is 0.720. The Balaban J connectivity index is 2.52. The van der Waals surface area contributed by atoms with Crippen LogP contribution in [0.4, 0.5) is 11.4 Å². The summed E-state index contributed by atoms with van der Waals surface area (Å²) in [7, 11) is 0. The van der Waals surface area contributed by atoms with E-state index in [0.717, 1.165) is 0 Å². The maximum atomic E-state index is 11.3. The van der Waals surface area contributed by atoms with Gasteiger partial charge < -0.3 is 10.6 Å². The van der Waals surface area contributed by atoms with Gasteiger partial charge in [0.25, 0.3) is 0 Å². The highest BCUT2D eigenvalue weighted by atomic mass is 35.5. The highest BCUT2D eigenvalue weighted by molar-refractivity contribution is 6.44. The molecular weight excluding hydrogens is 223 g/mol. The molecule has 1 aliphatic heterocycles. The molecule has 1 heterocycles. The Kier molecular flexibility index (Phi) is 2.29. The van der Waals surface area contributed by atoms with Crippen molar-refractivity contribution >= 4 is 40.5 Å². The van der Waals surface area contributed by atoms with E-state index in [1.165, 1.54) is 0 Å². The largest absolute Gasteiger partial charge is 0.371 e. The molecule has 0 radical (unpaired) electrons. The van der Waals surface area contributed by atoms with Crippen LogP contribution in [-0.2, 0) is 4.79 Å². The van der Waals surface area contributed by atoms with Crippen LogP contribution < -0.4 is 10.6 Å². The lowest BCUT2D eigenvalue weighted by atomic mass is 10.1. The van der Waals surface area contributed by atoms with Gasteiger partial charge in [-0.25, -0.2) is 0 Å². The molecule has 0 fully saturated rings. The second kappa shape index (κ2) is 3.33. The number of hydrogen-bond acceptors (Lipinski definition) is 2. The van der Waals surface area contributed by atoms with Gasteiger partial charge in [0.2, 0.25) is 5.91 Å². The number of anilines is 2. The summed E-state index contributed by atoms with van der Waals surface area (Å²) in [5, 5.41) is 6.64. The Morgan fingerprint density at radius 3 is 2.79 bits per heavy atom. The minimum Gasteiger partial charge on any atom is -0.371 e. The lowest BCUT2D eigenvalue weighted by molar-refractivity contribution is -0.116. The standard InChI is InChI=1S/C9H8Cl2N2O/c1-4-9(14)13-6-3-2-5(10)7(11)8(6)12-4/h2-4,12H,1H3,(H,13,14)/t4-/m0/s1. The fourth-order valence-corrected chi connectivity index (χ4v) is 1.70. The van der Waals surface area contributed by atoms with Gasteiger partial charge in [0.15, 0.2) is 0 Å². The van der Waals surface area contributed by atoms with Gasteiger partial charge in [0.05, 0.1) is 21.4 Å². The maximum absolute atomic E-state index is 11.3. The van der Waals surface area contributed by atoms with Gasteiger partial charge in [-0.2, -0.15) is 0 Å². The van der Waals surface area contributed by atoms with E-state index in [1.807, 2.05) is 0 Å². The molecular formula is C9H8Cl2N2O. The predicted octanol–water partition coefficient (Wildman–Crippen LogP) is 2.75. The third kappa shape index (κ3) is 1.42. The topological polar surface area (TPSA) is 41.1 Å². The number of carbonyl (C=O) groups is 1. The summed E-state index contributed by atoms with van der Waals surface area (Å²) in [6.07, 6.45) is 0. The van der Waals surface area contributed by atoms with E-state index in [0.29, 0.717) is 21.4 Å². The molecule has 1 aliphatic rings. The van der Waals surface area contributed by atoms with E-state index < -0.39 is 0 Å². The summed E-state index contributed by atoms with van der Waals surface area (Å²) in [6, 6.07) is 3.08. The summed E-state index contributed by atoms with van der Waals surface area (Å²) in [5.74, 6) is -0.0733. The third-order valence-electron chi connectivity index (χ3n) is 2.11. The van der Waals surface area contributed by atoms with E-state index >= 15 is 0 Å². The number of halogens is 2. The van der Waals surface area contributed by atoms with Crippen molar-refractivity contribution in [3.63, 3.8) is 0 Å². The number of fused-ring (bicyclic) bond motifs is 1. The van der Waals surface area contributed by atoms with Crippen LogP contribution in [0.15, 0.2) is 12.1 Å². The van der Waals surface area contributed by atoms with Crippen LogP contribution in [0, 0.1) is 0 Å². The summed E-state index contributed by atoms with van der Waals surface area (Å²) in [4.78, 5) is 11.3. The van der Waals surface area contributed by atoms with E-state index in [9.17, 15) is 4.79 Å². The lowest BCUT2D eigenvalue weighted by Gasteiger charge is -2.25. The number of hydrogen-bond donors (Lipinski definition) is 2. The number of amides is 1. The molecule has 0 unspecified atom stereocenters. The van der Waals surface area contributed by atoms with Crippen molar-refractivity contribution in [3.05, 3.63) is 22.2 Å². The molecule has 14 heavy (non-hydrogen) atoms. The molecule has 0 bridgehead atoms. The normalized spacial score (nSPS) is 19.6. The molecule has 2 rings (SSSR count). The third-order valence-corrected chi connectivity index (χ3v) is 2.91. The van der Waals surface area contributed by atoms with Crippen LogP contribution in [-0.4, -0.2) is 11.9 Å². The van der Waals surface area contributed by atoms with Crippen molar-refractivity contribution in [2.75, 3.05) is 10.6 Å². The Labute approximate surface area is 91.4 Å². The lowest BCUT2D eigenvalue weighted by Crippen LogP contribution is -2.36. The molecule has 1 atom stereocenters. The second-order valence-corrected chi connectivity index (χ2v) is 3.92. The summed E-state index contributed by atoms with van der Waals surface area (Å²) in [6.45, 7) is 1.76. The number of nitrogens with one attached hydrogen (secondary N) is 2. The second-order valence-electron chi connectivity index (χ2n) is 3.14. The zero-order valence-corrected chi connectivity index (χ0v) is 8.91. The minimum atomic E-state index is -0.293. The molecule has 3 nitrogen and oxygen atoms in total. The molecule has 0 saturated heterocycles. The van der Waals surface area contributed by atoms with Crippen LogP contribution in [0.1, 0.15) is 6.92 Å². The molecule has 1 aromatic carbocycles. The van der Waals surface area contributed by atoms with Crippen molar-refractivity contribution < 1.29 is 4.79 Å². The first-order chi connectivity index (χ1) is 6.59. The monoisotopic (exact) mass is 230 g/mol. The van der Waals surface area contributed by atoms with E-state index in [1.54, 1.807) is 19.1 Å². The van der Waals surface area contributed by atoms with Crippen LogP contribution in [0.2, 0.25) is 10.0 Å². The van der Waals surface area contributed by atoms with Gasteiger partial charge in [-0.3, -0.25) is 4.79 Å². The van der Waals surface area contributed by atoms with E-state index in [4.69, 9.17) is 23.2 Å². The Hall–Kier alpha value is -0.930. The fourth-order valence-electron chi connectivity index (χ4n) is 1.32. The van der Waals surface area contributed by atoms with Gasteiger partial charge in [0.1, 0.15) is 6.04 Å². The van der Waals surface area contributed by atoms with Crippen molar-refractivity contribution in [2.45, 2.75) is 13.0 Å². The first-order valence-corrected chi connectivity index (χ1v) is 4.90. The summed E-state index contributed by atoms with van der Waals surface area (Å²) in [5.41, 5.74) is 1.36. The van der Waals surface area contributed by atoms with Crippen LogP contribution in [0.5, 0.6) is 0 Å². The molecule has 1 aromatic rings. The van der Waals surface area contributed by atoms with Crippen molar-refractivity contribution in [1.82, 2.24) is 0 Å². The number of rotatable bonds is 0. The smallest absolute Gasteiger partial charge is 0.246 e. The van der Waals surface area contributed by atoms with Gasteiger partial charge in [-0.15, -0.1) is 0 Å². The predicted molar refractivity (Wildman–Crippen MR) is 58.2 cm³/mol. The molecule has 0 aromatic heterocycles. The fraction of sp³-hybridized carbons (Fsp3) is 0.222. The molecule has 1 amide bonds. The van der Waals surface area contributed by atoms with Crippen molar-refractivity contribution in [3.8, 4) is 0 Å². The maximum Gasteiger partial charge on any atom is 0.246 e. The SMILES string of the molecule is C[C@@H]1Nc2c(ccc(Cl)c2Cl)NC1=O. The van der Waals surface area contributed by atoms with Gasteiger partial charge >= 0.3 is 0 Å². The van der Waals surface area contributed by atoms with Crippen LogP contribution >= 0.6 is 23.2 Å². The van der Waals surface area contributed by atoms with Gasteiger partial charge in [-0.1, -0.05) is 23.2 Å². The average molecular weight is 231 g/mol. The minimum absolute atomic E-state index is 0.0733. The van der Waals surface area contributed by atoms with Gasteiger partial charge in [0, 0.05) is 0 Å².